The fraction of sp³-hybridized carbons (Fsp3) is 0.231. The summed E-state index contributed by atoms with van der Waals surface area (Å²) in [5, 5.41) is -0.156. The van der Waals surface area contributed by atoms with Gasteiger partial charge in [0.25, 0.3) is 0 Å². The standard InChI is InChI=1S/C13H10ClFN2O/c1-7-11(15)12(14)17-13(16-7)10-6-8-4-2-3-5-9(8)18-10/h2-5,10H,6H2,1H3. The number of para-hydroxylation sites is 1. The normalized spacial score (nSPS) is 17.4. The van der Waals surface area contributed by atoms with Crippen molar-refractivity contribution in [3.05, 3.63) is 52.3 Å². The van der Waals surface area contributed by atoms with Crippen LogP contribution < -0.4 is 4.74 Å². The number of rotatable bonds is 1. The Morgan fingerprint density at radius 2 is 2.11 bits per heavy atom. The number of ether oxygens (including phenoxy) is 1. The highest BCUT2D eigenvalue weighted by molar-refractivity contribution is 6.29. The predicted octanol–water partition coefficient (Wildman–Crippen LogP) is 3.25. The van der Waals surface area contributed by atoms with Crippen molar-refractivity contribution >= 4 is 11.6 Å². The Kier molecular flexibility index (Phi) is 2.67. The largest absolute Gasteiger partial charge is 0.482 e. The second kappa shape index (κ2) is 4.21. The SMILES string of the molecule is Cc1nc(C2Cc3ccccc3O2)nc(Cl)c1F. The first-order valence-electron chi connectivity index (χ1n) is 5.59. The van der Waals surface area contributed by atoms with Gasteiger partial charge in [-0.1, -0.05) is 29.8 Å². The molecular weight excluding hydrogens is 255 g/mol. The second-order valence-electron chi connectivity index (χ2n) is 4.19. The molecule has 1 atom stereocenters. The summed E-state index contributed by atoms with van der Waals surface area (Å²) in [6.45, 7) is 1.56. The molecule has 0 saturated heterocycles. The van der Waals surface area contributed by atoms with Gasteiger partial charge in [-0.25, -0.2) is 14.4 Å². The van der Waals surface area contributed by atoms with E-state index in [-0.39, 0.29) is 17.0 Å². The fourth-order valence-electron chi connectivity index (χ4n) is 2.01. The summed E-state index contributed by atoms with van der Waals surface area (Å²) in [5.74, 6) is 0.676. The Morgan fingerprint density at radius 3 is 2.83 bits per heavy atom. The van der Waals surface area contributed by atoms with E-state index in [0.29, 0.717) is 12.2 Å². The van der Waals surface area contributed by atoms with Crippen LogP contribution >= 0.6 is 11.6 Å². The summed E-state index contributed by atoms with van der Waals surface area (Å²) in [4.78, 5) is 8.06. The molecule has 0 N–H and O–H groups in total. The first kappa shape index (κ1) is 11.4. The Labute approximate surface area is 109 Å². The summed E-state index contributed by atoms with van der Waals surface area (Å²) in [6.07, 6.45) is 0.386. The molecule has 92 valence electrons. The molecule has 0 bridgehead atoms. The first-order chi connectivity index (χ1) is 8.65. The van der Waals surface area contributed by atoms with Crippen LogP contribution in [0.5, 0.6) is 5.75 Å². The minimum absolute atomic E-state index is 0.156. The van der Waals surface area contributed by atoms with Gasteiger partial charge in [-0.3, -0.25) is 0 Å². The third-order valence-electron chi connectivity index (χ3n) is 2.93. The van der Waals surface area contributed by atoms with E-state index in [1.165, 1.54) is 0 Å². The molecule has 0 spiro atoms. The highest BCUT2D eigenvalue weighted by Crippen LogP contribution is 2.35. The van der Waals surface area contributed by atoms with Crippen LogP contribution in [0.2, 0.25) is 5.15 Å². The van der Waals surface area contributed by atoms with Crippen LogP contribution in [0.15, 0.2) is 24.3 Å². The molecule has 0 fully saturated rings. The Balaban J connectivity index is 1.95. The van der Waals surface area contributed by atoms with E-state index in [0.717, 1.165) is 11.3 Å². The molecular formula is C13H10ClFN2O. The number of fused-ring (bicyclic) bond motifs is 1. The highest BCUT2D eigenvalue weighted by Gasteiger charge is 2.27. The number of nitrogens with zero attached hydrogens (tertiary/aromatic N) is 2. The van der Waals surface area contributed by atoms with Gasteiger partial charge in [0.1, 0.15) is 5.75 Å². The zero-order chi connectivity index (χ0) is 12.7. The lowest BCUT2D eigenvalue weighted by atomic mass is 10.1. The van der Waals surface area contributed by atoms with Gasteiger partial charge in [-0.2, -0.15) is 0 Å². The molecule has 3 rings (SSSR count). The summed E-state index contributed by atoms with van der Waals surface area (Å²) < 4.78 is 19.1. The van der Waals surface area contributed by atoms with Crippen molar-refractivity contribution in [1.82, 2.24) is 9.97 Å². The summed E-state index contributed by atoms with van der Waals surface area (Å²) in [7, 11) is 0. The topological polar surface area (TPSA) is 35.0 Å². The van der Waals surface area contributed by atoms with E-state index in [9.17, 15) is 4.39 Å². The van der Waals surface area contributed by atoms with Gasteiger partial charge in [0.2, 0.25) is 0 Å². The van der Waals surface area contributed by atoms with Gasteiger partial charge in [0.15, 0.2) is 22.9 Å². The smallest absolute Gasteiger partial charge is 0.181 e. The van der Waals surface area contributed by atoms with Crippen LogP contribution in [0.1, 0.15) is 23.2 Å². The second-order valence-corrected chi connectivity index (χ2v) is 4.55. The van der Waals surface area contributed by atoms with Crippen LogP contribution in [-0.4, -0.2) is 9.97 Å². The van der Waals surface area contributed by atoms with Crippen molar-refractivity contribution in [2.45, 2.75) is 19.4 Å². The molecule has 1 aromatic carbocycles. The van der Waals surface area contributed by atoms with Crippen molar-refractivity contribution in [1.29, 1.82) is 0 Å². The predicted molar refractivity (Wildman–Crippen MR) is 65.3 cm³/mol. The zero-order valence-electron chi connectivity index (χ0n) is 9.65. The molecule has 0 saturated carbocycles. The molecule has 0 aliphatic carbocycles. The van der Waals surface area contributed by atoms with Crippen molar-refractivity contribution in [2.24, 2.45) is 0 Å². The Hall–Kier alpha value is -1.68. The maximum atomic E-state index is 13.4. The van der Waals surface area contributed by atoms with Crippen molar-refractivity contribution in [2.75, 3.05) is 0 Å². The van der Waals surface area contributed by atoms with Crippen LogP contribution in [0.3, 0.4) is 0 Å². The lowest BCUT2D eigenvalue weighted by Crippen LogP contribution is -2.10. The van der Waals surface area contributed by atoms with E-state index in [4.69, 9.17) is 16.3 Å². The van der Waals surface area contributed by atoms with E-state index in [1.54, 1.807) is 6.92 Å². The number of hydrogen-bond acceptors (Lipinski definition) is 3. The third-order valence-corrected chi connectivity index (χ3v) is 3.18. The van der Waals surface area contributed by atoms with Gasteiger partial charge in [-0.05, 0) is 18.6 Å². The molecule has 1 aliphatic heterocycles. The molecule has 1 unspecified atom stereocenters. The number of aryl methyl sites for hydroxylation is 1. The Morgan fingerprint density at radius 1 is 1.33 bits per heavy atom. The molecule has 0 radical (unpaired) electrons. The van der Waals surface area contributed by atoms with Crippen molar-refractivity contribution in [3.63, 3.8) is 0 Å². The van der Waals surface area contributed by atoms with Crippen LogP contribution in [0.4, 0.5) is 4.39 Å². The molecule has 0 amide bonds. The Bertz CT molecular complexity index is 570. The quantitative estimate of drug-likeness (QED) is 0.742. The highest BCUT2D eigenvalue weighted by atomic mass is 35.5. The zero-order valence-corrected chi connectivity index (χ0v) is 10.4. The number of halogens is 2. The fourth-order valence-corrected chi connectivity index (χ4v) is 2.24. The van der Waals surface area contributed by atoms with Gasteiger partial charge in [0.05, 0.1) is 5.69 Å². The van der Waals surface area contributed by atoms with Gasteiger partial charge in [-0.15, -0.1) is 0 Å². The summed E-state index contributed by atoms with van der Waals surface area (Å²) in [6, 6.07) is 7.75. The molecule has 3 nitrogen and oxygen atoms in total. The average Bonchev–Trinajstić information content (AvgIpc) is 2.79. The van der Waals surface area contributed by atoms with Crippen LogP contribution in [0, 0.1) is 12.7 Å². The maximum absolute atomic E-state index is 13.4. The lowest BCUT2D eigenvalue weighted by Gasteiger charge is -2.10. The van der Waals surface area contributed by atoms with Crippen LogP contribution in [-0.2, 0) is 6.42 Å². The maximum Gasteiger partial charge on any atom is 0.181 e. The number of aromatic nitrogens is 2. The average molecular weight is 265 g/mol. The number of hydrogen-bond donors (Lipinski definition) is 0. The summed E-state index contributed by atoms with van der Waals surface area (Å²) >= 11 is 5.73. The van der Waals surface area contributed by atoms with Gasteiger partial charge in [0, 0.05) is 6.42 Å². The molecule has 1 aromatic heterocycles. The van der Waals surface area contributed by atoms with E-state index in [2.05, 4.69) is 9.97 Å². The van der Waals surface area contributed by atoms with Gasteiger partial charge < -0.3 is 4.74 Å². The minimum Gasteiger partial charge on any atom is -0.482 e. The third kappa shape index (κ3) is 1.82. The molecule has 2 aromatic rings. The van der Waals surface area contributed by atoms with Crippen LogP contribution in [0.25, 0.3) is 0 Å². The molecule has 5 heteroatoms. The van der Waals surface area contributed by atoms with Gasteiger partial charge >= 0.3 is 0 Å². The van der Waals surface area contributed by atoms with E-state index < -0.39 is 5.82 Å². The number of benzene rings is 1. The van der Waals surface area contributed by atoms with Crippen molar-refractivity contribution in [3.8, 4) is 5.75 Å². The molecule has 2 heterocycles. The monoisotopic (exact) mass is 264 g/mol. The lowest BCUT2D eigenvalue weighted by molar-refractivity contribution is 0.226. The molecule has 1 aliphatic rings. The van der Waals surface area contributed by atoms with E-state index in [1.807, 2.05) is 24.3 Å². The minimum atomic E-state index is -0.573. The first-order valence-corrected chi connectivity index (χ1v) is 5.97. The van der Waals surface area contributed by atoms with Crippen molar-refractivity contribution < 1.29 is 9.13 Å². The summed E-state index contributed by atoms with van der Waals surface area (Å²) in [5.41, 5.74) is 1.34. The van der Waals surface area contributed by atoms with E-state index >= 15 is 0 Å². The molecule has 18 heavy (non-hydrogen) atoms.